The molecule has 1 N–H and O–H groups in total. The molecule has 0 aliphatic rings. The quantitative estimate of drug-likeness (QED) is 0.228. The molecule has 0 spiro atoms. The van der Waals surface area contributed by atoms with Crippen molar-refractivity contribution < 1.29 is 49.0 Å². The van der Waals surface area contributed by atoms with Crippen LogP contribution in [0.4, 0.5) is 0 Å². The van der Waals surface area contributed by atoms with Crippen molar-refractivity contribution >= 4 is 11.9 Å². The number of ether oxygens (including phenoxy) is 1. The number of rotatable bonds is 4. The Kier molecular flexibility index (Phi) is 8.91. The van der Waals surface area contributed by atoms with E-state index < -0.39 is 11.9 Å². The Balaban J connectivity index is 0. The summed E-state index contributed by atoms with van der Waals surface area (Å²) in [6.07, 6.45) is 0.189. The molecule has 0 rings (SSSR count). The molecular formula is C7H11NaO4. The molecule has 0 amide bonds. The van der Waals surface area contributed by atoms with Crippen LogP contribution in [0.1, 0.15) is 20.3 Å². The summed E-state index contributed by atoms with van der Waals surface area (Å²) in [6.45, 7) is 3.43. The average Bonchev–Trinajstić information content (AvgIpc) is 1.88. The number of esters is 1. The Labute approximate surface area is 93.6 Å². The first kappa shape index (κ1) is 14.3. The normalized spacial score (nSPS) is 8.17. The number of carboxylic acid groups (broad SMARTS) is 1. The monoisotopic (exact) mass is 182 g/mol. The summed E-state index contributed by atoms with van der Waals surface area (Å²) >= 11 is 0. The fraction of sp³-hybridized carbons (Fsp3) is 0.571. The van der Waals surface area contributed by atoms with Gasteiger partial charge in [-0.05, 0) is 6.92 Å². The van der Waals surface area contributed by atoms with E-state index in [4.69, 9.17) is 5.11 Å². The van der Waals surface area contributed by atoms with Crippen LogP contribution in [0.3, 0.4) is 0 Å². The summed E-state index contributed by atoms with van der Waals surface area (Å²) in [7, 11) is 0. The first-order valence-corrected chi connectivity index (χ1v) is 3.39. The zero-order valence-corrected chi connectivity index (χ0v) is 9.59. The van der Waals surface area contributed by atoms with Crippen molar-refractivity contribution in [1.82, 2.24) is 0 Å². The number of aliphatic carboxylic acids is 1. The Bertz CT molecular complexity index is 157. The Morgan fingerprint density at radius 3 is 2.17 bits per heavy atom. The Morgan fingerprint density at radius 2 is 1.92 bits per heavy atom. The molecule has 0 bridgehead atoms. The molecule has 0 aliphatic carbocycles. The number of hydrogen-bond donors (Lipinski definition) is 1. The van der Waals surface area contributed by atoms with Gasteiger partial charge in [0.25, 0.3) is 0 Å². The molecule has 12 heavy (non-hydrogen) atoms. The fourth-order valence-corrected chi connectivity index (χ4v) is 0.601. The van der Waals surface area contributed by atoms with E-state index >= 15 is 0 Å². The maximum absolute atomic E-state index is 10.8. The van der Waals surface area contributed by atoms with Crippen LogP contribution in [-0.2, 0) is 14.3 Å². The van der Waals surface area contributed by atoms with Crippen LogP contribution < -0.4 is 29.6 Å². The van der Waals surface area contributed by atoms with Crippen LogP contribution in [0.2, 0.25) is 0 Å². The molecule has 0 saturated heterocycles. The van der Waals surface area contributed by atoms with Crippen LogP contribution in [0, 0.1) is 5.92 Å². The van der Waals surface area contributed by atoms with Crippen molar-refractivity contribution in [3.8, 4) is 0 Å². The summed E-state index contributed by atoms with van der Waals surface area (Å²) in [5, 5.41) is 8.43. The topological polar surface area (TPSA) is 63.6 Å². The summed E-state index contributed by atoms with van der Waals surface area (Å²) < 4.78 is 4.50. The van der Waals surface area contributed by atoms with Gasteiger partial charge in [-0.15, -0.1) is 6.42 Å². The van der Waals surface area contributed by atoms with Gasteiger partial charge in [0.2, 0.25) is 0 Å². The zero-order valence-electron chi connectivity index (χ0n) is 7.59. The first-order valence-electron chi connectivity index (χ1n) is 3.39. The van der Waals surface area contributed by atoms with Crippen molar-refractivity contribution in [2.45, 2.75) is 20.3 Å². The van der Waals surface area contributed by atoms with Crippen LogP contribution in [0.15, 0.2) is 0 Å². The maximum atomic E-state index is 10.8. The van der Waals surface area contributed by atoms with Crippen LogP contribution in [0.25, 0.3) is 0 Å². The van der Waals surface area contributed by atoms with Crippen LogP contribution in [-0.4, -0.2) is 23.7 Å². The second kappa shape index (κ2) is 7.46. The molecule has 64 valence electrons. The number of hydrogen-bond acceptors (Lipinski definition) is 3. The van der Waals surface area contributed by atoms with Crippen molar-refractivity contribution in [3.05, 3.63) is 5.92 Å². The summed E-state index contributed by atoms with van der Waals surface area (Å²) in [4.78, 5) is 21.1. The van der Waals surface area contributed by atoms with Gasteiger partial charge in [0.15, 0.2) is 11.9 Å². The molecule has 0 heterocycles. The maximum Gasteiger partial charge on any atom is 1.00 e. The predicted octanol–water partition coefficient (Wildman–Crippen LogP) is -2.38. The largest absolute Gasteiger partial charge is 1.00 e. The van der Waals surface area contributed by atoms with E-state index in [0.717, 1.165) is 0 Å². The minimum absolute atomic E-state index is 0. The molecule has 0 aromatic carbocycles. The third-order valence-corrected chi connectivity index (χ3v) is 1.13. The third kappa shape index (κ3) is 4.64. The van der Waals surface area contributed by atoms with Crippen molar-refractivity contribution in [2.24, 2.45) is 0 Å². The van der Waals surface area contributed by atoms with Gasteiger partial charge >= 0.3 is 29.6 Å². The minimum atomic E-state index is -1.20. The van der Waals surface area contributed by atoms with E-state index in [0.29, 0.717) is 0 Å². The van der Waals surface area contributed by atoms with E-state index in [1.165, 1.54) is 0 Å². The fourth-order valence-electron chi connectivity index (χ4n) is 0.601. The molecule has 0 aromatic heterocycles. The summed E-state index contributed by atoms with van der Waals surface area (Å²) in [5.41, 5.74) is 0. The number of carboxylic acids is 1. The van der Waals surface area contributed by atoms with Crippen LogP contribution in [0.5, 0.6) is 0 Å². The van der Waals surface area contributed by atoms with E-state index in [1.54, 1.807) is 13.8 Å². The third-order valence-electron chi connectivity index (χ3n) is 1.13. The van der Waals surface area contributed by atoms with Crippen molar-refractivity contribution in [1.29, 1.82) is 0 Å². The molecular weight excluding hydrogens is 171 g/mol. The second-order valence-corrected chi connectivity index (χ2v) is 1.86. The van der Waals surface area contributed by atoms with E-state index in [2.05, 4.69) is 4.74 Å². The molecule has 4 nitrogen and oxygen atoms in total. The van der Waals surface area contributed by atoms with Gasteiger partial charge in [-0.25, -0.2) is 0 Å². The number of carbonyl (C=O) groups excluding carboxylic acids is 1. The molecule has 0 saturated carbocycles. The van der Waals surface area contributed by atoms with E-state index in [-0.39, 0.29) is 48.5 Å². The Hall–Kier alpha value is -0.190. The SMILES string of the molecule is CCOC(=O)[C-](CC)C(=O)O.[Na+]. The molecule has 0 radical (unpaired) electrons. The second-order valence-electron chi connectivity index (χ2n) is 1.86. The van der Waals surface area contributed by atoms with Gasteiger partial charge in [-0.2, -0.15) is 5.92 Å². The van der Waals surface area contributed by atoms with Gasteiger partial charge in [0.1, 0.15) is 0 Å². The zero-order chi connectivity index (χ0) is 8.85. The number of carbonyl (C=O) groups is 2. The standard InChI is InChI=1S/C7H11O4.Na/c1-3-5(6(8)9)7(10)11-4-2;/h3-4H2,1-2H3,(H,8,9);/q-1;+1. The van der Waals surface area contributed by atoms with Gasteiger partial charge in [0, 0.05) is 0 Å². The molecule has 5 heteroatoms. The predicted molar refractivity (Wildman–Crippen MR) is 37.8 cm³/mol. The van der Waals surface area contributed by atoms with Crippen molar-refractivity contribution in [3.63, 3.8) is 0 Å². The first-order chi connectivity index (χ1) is 5.13. The van der Waals surface area contributed by atoms with Gasteiger partial charge < -0.3 is 9.84 Å². The van der Waals surface area contributed by atoms with Gasteiger partial charge in [-0.1, -0.05) is 6.92 Å². The van der Waals surface area contributed by atoms with Gasteiger partial charge in [0.05, 0.1) is 6.61 Å². The smallest absolute Gasteiger partial charge is 0.503 e. The summed E-state index contributed by atoms with van der Waals surface area (Å²) in [5.74, 6) is -2.14. The summed E-state index contributed by atoms with van der Waals surface area (Å²) in [6, 6.07) is 0. The molecule has 0 aromatic rings. The minimum Gasteiger partial charge on any atom is -0.503 e. The molecule has 0 aliphatic heterocycles. The Morgan fingerprint density at radius 1 is 1.42 bits per heavy atom. The molecule has 0 unspecified atom stereocenters. The molecule has 0 atom stereocenters. The van der Waals surface area contributed by atoms with Crippen LogP contribution >= 0.6 is 0 Å². The molecule has 0 fully saturated rings. The van der Waals surface area contributed by atoms with Gasteiger partial charge in [-0.3, -0.25) is 9.59 Å². The van der Waals surface area contributed by atoms with Crippen molar-refractivity contribution in [2.75, 3.05) is 6.61 Å². The van der Waals surface area contributed by atoms with E-state index in [9.17, 15) is 9.59 Å². The van der Waals surface area contributed by atoms with E-state index in [1.807, 2.05) is 0 Å². The average molecular weight is 182 g/mol.